The van der Waals surface area contributed by atoms with E-state index in [0.29, 0.717) is 5.92 Å². The fourth-order valence-electron chi connectivity index (χ4n) is 2.55. The summed E-state index contributed by atoms with van der Waals surface area (Å²) in [6.07, 6.45) is 1.27. The zero-order chi connectivity index (χ0) is 12.6. The molecule has 6 heteroatoms. The van der Waals surface area contributed by atoms with Gasteiger partial charge in [0.25, 0.3) is 0 Å². The van der Waals surface area contributed by atoms with Gasteiger partial charge in [-0.3, -0.25) is 0 Å². The van der Waals surface area contributed by atoms with Crippen LogP contribution in [0.4, 0.5) is 4.79 Å². The highest BCUT2D eigenvalue weighted by Crippen LogP contribution is 2.27. The molecule has 1 aliphatic carbocycles. The second kappa shape index (κ2) is 4.52. The van der Waals surface area contributed by atoms with E-state index in [2.05, 4.69) is 12.2 Å². The molecule has 0 aromatic carbocycles. The molecule has 1 heterocycles. The van der Waals surface area contributed by atoms with Crippen molar-refractivity contribution in [1.82, 2.24) is 10.2 Å². The van der Waals surface area contributed by atoms with Crippen LogP contribution in [-0.2, 0) is 4.79 Å². The van der Waals surface area contributed by atoms with E-state index in [4.69, 9.17) is 5.11 Å². The van der Waals surface area contributed by atoms with Gasteiger partial charge in [-0.2, -0.15) is 0 Å². The first kappa shape index (κ1) is 12.2. The highest BCUT2D eigenvalue weighted by atomic mass is 16.4. The molecule has 1 saturated heterocycles. The predicted octanol–water partition coefficient (Wildman–Crippen LogP) is 0.0143. The number of nitrogens with zero attached hydrogens (tertiary/aromatic N) is 1. The van der Waals surface area contributed by atoms with Crippen molar-refractivity contribution in [3.63, 3.8) is 0 Å². The fourth-order valence-corrected chi connectivity index (χ4v) is 2.55. The summed E-state index contributed by atoms with van der Waals surface area (Å²) in [5, 5.41) is 21.2. The highest BCUT2D eigenvalue weighted by molar-refractivity contribution is 5.83. The van der Waals surface area contributed by atoms with Gasteiger partial charge in [-0.15, -0.1) is 0 Å². The quantitative estimate of drug-likeness (QED) is 0.636. The molecule has 1 saturated carbocycles. The Morgan fingerprint density at radius 1 is 1.29 bits per heavy atom. The van der Waals surface area contributed by atoms with Gasteiger partial charge in [0, 0.05) is 19.0 Å². The monoisotopic (exact) mass is 242 g/mol. The van der Waals surface area contributed by atoms with Crippen LogP contribution in [0.3, 0.4) is 0 Å². The molecule has 96 valence electrons. The van der Waals surface area contributed by atoms with Crippen LogP contribution >= 0.6 is 0 Å². The minimum Gasteiger partial charge on any atom is -0.480 e. The first-order valence-electron chi connectivity index (χ1n) is 5.95. The lowest BCUT2D eigenvalue weighted by Gasteiger charge is -2.35. The van der Waals surface area contributed by atoms with Crippen LogP contribution in [0.25, 0.3) is 0 Å². The van der Waals surface area contributed by atoms with Crippen molar-refractivity contribution in [2.24, 2.45) is 5.92 Å². The maximum Gasteiger partial charge on any atom is 0.326 e. The molecule has 0 spiro atoms. The third kappa shape index (κ3) is 2.52. The number of carbonyl (C=O) groups is 2. The fraction of sp³-hybridized carbons (Fsp3) is 0.818. The molecule has 2 amide bonds. The number of likely N-dealkylation sites (tertiary alicyclic amines) is 1. The maximum atomic E-state index is 11.9. The molecule has 0 aromatic rings. The van der Waals surface area contributed by atoms with E-state index in [1.165, 1.54) is 4.90 Å². The van der Waals surface area contributed by atoms with Gasteiger partial charge in [0.05, 0.1) is 6.10 Å². The van der Waals surface area contributed by atoms with Crippen LogP contribution in [0.1, 0.15) is 26.2 Å². The summed E-state index contributed by atoms with van der Waals surface area (Å²) >= 11 is 0. The Kier molecular flexibility index (Phi) is 3.24. The number of rotatable bonds is 2. The largest absolute Gasteiger partial charge is 0.480 e. The van der Waals surface area contributed by atoms with Crippen molar-refractivity contribution < 1.29 is 19.8 Å². The van der Waals surface area contributed by atoms with Gasteiger partial charge in [0.15, 0.2) is 0 Å². The molecule has 0 aromatic heterocycles. The maximum absolute atomic E-state index is 11.9. The molecule has 2 aliphatic rings. The number of nitrogens with one attached hydrogen (secondary N) is 1. The van der Waals surface area contributed by atoms with Crippen LogP contribution in [0, 0.1) is 5.92 Å². The van der Waals surface area contributed by atoms with E-state index in [0.717, 1.165) is 12.8 Å². The second-order valence-corrected chi connectivity index (χ2v) is 5.12. The topological polar surface area (TPSA) is 89.9 Å². The van der Waals surface area contributed by atoms with Crippen LogP contribution in [0.2, 0.25) is 0 Å². The molecule has 17 heavy (non-hydrogen) atoms. The van der Waals surface area contributed by atoms with Gasteiger partial charge < -0.3 is 20.4 Å². The van der Waals surface area contributed by atoms with E-state index in [1.54, 1.807) is 0 Å². The number of hydrogen-bond acceptors (Lipinski definition) is 3. The number of aliphatic carboxylic acids is 1. The average Bonchev–Trinajstić information content (AvgIpc) is 2.58. The molecule has 1 aliphatic heterocycles. The van der Waals surface area contributed by atoms with Crippen molar-refractivity contribution in [2.45, 2.75) is 44.4 Å². The number of carboxylic acid groups (broad SMARTS) is 1. The van der Waals surface area contributed by atoms with Crippen molar-refractivity contribution in [2.75, 3.05) is 6.54 Å². The number of urea groups is 1. The number of carbonyl (C=O) groups excluding carboxylic acids is 1. The Morgan fingerprint density at radius 2 is 1.94 bits per heavy atom. The number of carboxylic acids is 1. The predicted molar refractivity (Wildman–Crippen MR) is 59.5 cm³/mol. The summed E-state index contributed by atoms with van der Waals surface area (Å²) in [5.41, 5.74) is 0. The third-order valence-corrected chi connectivity index (χ3v) is 3.53. The average molecular weight is 242 g/mol. The lowest BCUT2D eigenvalue weighted by Crippen LogP contribution is -2.52. The smallest absolute Gasteiger partial charge is 0.326 e. The number of aliphatic hydroxyl groups is 1. The minimum atomic E-state index is -1.06. The number of β-amino-alcohol motifs (C(OH)–C–C–N with tert-alkyl or cyclic N) is 1. The SMILES string of the molecule is CC1CC(NC(=O)N2CC(O)CC2C(=O)O)C1. The van der Waals surface area contributed by atoms with E-state index in [-0.39, 0.29) is 25.0 Å². The van der Waals surface area contributed by atoms with Crippen molar-refractivity contribution in [3.8, 4) is 0 Å². The van der Waals surface area contributed by atoms with Gasteiger partial charge in [-0.05, 0) is 18.8 Å². The van der Waals surface area contributed by atoms with Gasteiger partial charge in [-0.1, -0.05) is 6.92 Å². The van der Waals surface area contributed by atoms with E-state index in [1.807, 2.05) is 0 Å². The minimum absolute atomic E-state index is 0.102. The zero-order valence-electron chi connectivity index (χ0n) is 9.80. The summed E-state index contributed by atoms with van der Waals surface area (Å²) in [5.74, 6) is -0.432. The second-order valence-electron chi connectivity index (χ2n) is 5.12. The van der Waals surface area contributed by atoms with Crippen LogP contribution < -0.4 is 5.32 Å². The van der Waals surface area contributed by atoms with Gasteiger partial charge in [-0.25, -0.2) is 9.59 Å². The van der Waals surface area contributed by atoms with Crippen LogP contribution in [-0.4, -0.2) is 51.8 Å². The van der Waals surface area contributed by atoms with Gasteiger partial charge in [0.2, 0.25) is 0 Å². The molecule has 2 rings (SSSR count). The van der Waals surface area contributed by atoms with Crippen molar-refractivity contribution in [3.05, 3.63) is 0 Å². The Bertz CT molecular complexity index is 327. The van der Waals surface area contributed by atoms with Crippen molar-refractivity contribution in [1.29, 1.82) is 0 Å². The summed E-state index contributed by atoms with van der Waals surface area (Å²) in [7, 11) is 0. The first-order valence-corrected chi connectivity index (χ1v) is 5.95. The highest BCUT2D eigenvalue weighted by Gasteiger charge is 2.40. The van der Waals surface area contributed by atoms with E-state index >= 15 is 0 Å². The summed E-state index contributed by atoms with van der Waals surface area (Å²) in [4.78, 5) is 24.0. The Hall–Kier alpha value is -1.30. The Morgan fingerprint density at radius 3 is 2.47 bits per heavy atom. The normalized spacial score (nSPS) is 36.5. The zero-order valence-corrected chi connectivity index (χ0v) is 9.80. The molecule has 3 N–H and O–H groups in total. The summed E-state index contributed by atoms with van der Waals surface area (Å²) in [6.45, 7) is 2.22. The Balaban J connectivity index is 1.91. The van der Waals surface area contributed by atoms with Crippen molar-refractivity contribution >= 4 is 12.0 Å². The molecular formula is C11H18N2O4. The summed E-state index contributed by atoms with van der Waals surface area (Å²) < 4.78 is 0. The molecule has 2 fully saturated rings. The molecule has 0 radical (unpaired) electrons. The van der Waals surface area contributed by atoms with Gasteiger partial charge >= 0.3 is 12.0 Å². The van der Waals surface area contributed by atoms with E-state index in [9.17, 15) is 14.7 Å². The van der Waals surface area contributed by atoms with E-state index < -0.39 is 18.1 Å². The lowest BCUT2D eigenvalue weighted by molar-refractivity contribution is -0.141. The molecule has 2 atom stereocenters. The lowest BCUT2D eigenvalue weighted by atomic mass is 9.82. The Labute approximate surface area is 99.6 Å². The number of aliphatic hydroxyl groups excluding tert-OH is 1. The van der Waals surface area contributed by atoms with Crippen LogP contribution in [0.5, 0.6) is 0 Å². The summed E-state index contributed by atoms with van der Waals surface area (Å²) in [6, 6.07) is -1.11. The molecular weight excluding hydrogens is 224 g/mol. The standard InChI is InChI=1S/C11H18N2O4/c1-6-2-7(3-6)12-11(17)13-5-8(14)4-9(13)10(15)16/h6-9,14H,2-5H2,1H3,(H,12,17)(H,15,16). The van der Waals surface area contributed by atoms with Gasteiger partial charge in [0.1, 0.15) is 6.04 Å². The molecule has 2 unspecified atom stereocenters. The molecule has 6 nitrogen and oxygen atoms in total. The first-order chi connectivity index (χ1) is 7.97. The number of amides is 2. The third-order valence-electron chi connectivity index (χ3n) is 3.53. The molecule has 0 bridgehead atoms. The number of hydrogen-bond donors (Lipinski definition) is 3. The van der Waals surface area contributed by atoms with Crippen LogP contribution in [0.15, 0.2) is 0 Å².